The van der Waals surface area contributed by atoms with Crippen LogP contribution in [0.3, 0.4) is 0 Å². The van der Waals surface area contributed by atoms with Crippen LogP contribution in [-0.2, 0) is 14.3 Å². The molecule has 0 atom stereocenters. The second-order valence-electron chi connectivity index (χ2n) is 3.98. The Morgan fingerprint density at radius 2 is 2.13 bits per heavy atom. The summed E-state index contributed by atoms with van der Waals surface area (Å²) in [5.41, 5.74) is 0. The number of amides is 1. The monoisotopic (exact) mass is 213 g/mol. The van der Waals surface area contributed by atoms with Gasteiger partial charge in [-0.05, 0) is 19.3 Å². The summed E-state index contributed by atoms with van der Waals surface area (Å²) in [5, 5.41) is 2.95. The first-order valence-electron chi connectivity index (χ1n) is 5.52. The van der Waals surface area contributed by atoms with Crippen molar-refractivity contribution in [2.75, 3.05) is 13.7 Å². The van der Waals surface area contributed by atoms with Crippen molar-refractivity contribution >= 4 is 11.7 Å². The number of methoxy groups -OCH3 is 1. The van der Waals surface area contributed by atoms with Gasteiger partial charge in [0.2, 0.25) is 5.91 Å². The first-order valence-corrected chi connectivity index (χ1v) is 5.52. The van der Waals surface area contributed by atoms with Gasteiger partial charge in [-0.25, -0.2) is 0 Å². The first kappa shape index (κ1) is 12.2. The molecule has 4 heteroatoms. The van der Waals surface area contributed by atoms with Crippen LogP contribution in [0.25, 0.3) is 0 Å². The van der Waals surface area contributed by atoms with E-state index < -0.39 is 0 Å². The zero-order valence-corrected chi connectivity index (χ0v) is 9.25. The third kappa shape index (κ3) is 4.93. The Balaban J connectivity index is 2.12. The van der Waals surface area contributed by atoms with Crippen molar-refractivity contribution in [2.24, 2.45) is 0 Å². The van der Waals surface area contributed by atoms with E-state index in [1.54, 1.807) is 7.11 Å². The lowest BCUT2D eigenvalue weighted by molar-refractivity contribution is -0.124. The highest BCUT2D eigenvalue weighted by atomic mass is 16.5. The van der Waals surface area contributed by atoms with Gasteiger partial charge in [-0.1, -0.05) is 0 Å². The van der Waals surface area contributed by atoms with Crippen LogP contribution >= 0.6 is 0 Å². The number of nitrogens with one attached hydrogen (secondary N) is 1. The number of Topliss-reactive ketones (excluding diaryl/α,β-unsaturated/α-hetero) is 1. The minimum atomic E-state index is 0.0754. The Morgan fingerprint density at radius 1 is 1.47 bits per heavy atom. The van der Waals surface area contributed by atoms with Crippen LogP contribution in [0, 0.1) is 0 Å². The molecule has 0 heterocycles. The molecule has 1 aliphatic rings. The number of hydrogen-bond acceptors (Lipinski definition) is 3. The summed E-state index contributed by atoms with van der Waals surface area (Å²) in [5.74, 6) is 0.395. The quantitative estimate of drug-likeness (QED) is 0.694. The number of carbonyl (C=O) groups is 2. The van der Waals surface area contributed by atoms with Crippen LogP contribution in [0.15, 0.2) is 0 Å². The summed E-state index contributed by atoms with van der Waals surface area (Å²) in [6, 6.07) is 0.206. The van der Waals surface area contributed by atoms with Crippen molar-refractivity contribution < 1.29 is 14.3 Å². The van der Waals surface area contributed by atoms with Crippen molar-refractivity contribution in [3.63, 3.8) is 0 Å². The molecule has 15 heavy (non-hydrogen) atoms. The lowest BCUT2D eigenvalue weighted by Crippen LogP contribution is -2.37. The first-order chi connectivity index (χ1) is 7.22. The Morgan fingerprint density at radius 3 is 2.73 bits per heavy atom. The van der Waals surface area contributed by atoms with Gasteiger partial charge in [0.05, 0.1) is 0 Å². The molecule has 0 aromatic heterocycles. The molecule has 1 saturated carbocycles. The maximum absolute atomic E-state index is 11.4. The van der Waals surface area contributed by atoms with E-state index in [9.17, 15) is 9.59 Å². The van der Waals surface area contributed by atoms with Gasteiger partial charge in [-0.15, -0.1) is 0 Å². The maximum Gasteiger partial charge on any atom is 0.220 e. The molecule has 0 aliphatic heterocycles. The van der Waals surface area contributed by atoms with Crippen LogP contribution in [-0.4, -0.2) is 31.4 Å². The molecule has 0 aromatic carbocycles. The Kier molecular flexibility index (Phi) is 5.32. The van der Waals surface area contributed by atoms with Gasteiger partial charge in [0.25, 0.3) is 0 Å². The average Bonchev–Trinajstić information content (AvgIpc) is 2.22. The lowest BCUT2D eigenvalue weighted by atomic mass is 9.94. The smallest absolute Gasteiger partial charge is 0.220 e. The van der Waals surface area contributed by atoms with Crippen LogP contribution in [0.4, 0.5) is 0 Å². The molecule has 4 nitrogen and oxygen atoms in total. The van der Waals surface area contributed by atoms with Crippen molar-refractivity contribution in [1.29, 1.82) is 0 Å². The maximum atomic E-state index is 11.4. The topological polar surface area (TPSA) is 55.4 Å². The fourth-order valence-electron chi connectivity index (χ4n) is 1.76. The van der Waals surface area contributed by atoms with E-state index in [0.29, 0.717) is 31.7 Å². The fraction of sp³-hybridized carbons (Fsp3) is 0.818. The molecule has 1 rings (SSSR count). The van der Waals surface area contributed by atoms with E-state index in [-0.39, 0.29) is 11.9 Å². The number of ether oxygens (including phenoxy) is 1. The molecule has 0 unspecified atom stereocenters. The molecule has 1 fully saturated rings. The van der Waals surface area contributed by atoms with E-state index >= 15 is 0 Å². The number of rotatable bonds is 5. The van der Waals surface area contributed by atoms with Gasteiger partial charge in [0.1, 0.15) is 5.78 Å². The second-order valence-corrected chi connectivity index (χ2v) is 3.98. The van der Waals surface area contributed by atoms with Crippen LogP contribution < -0.4 is 5.32 Å². The van der Waals surface area contributed by atoms with Crippen molar-refractivity contribution in [2.45, 2.75) is 44.6 Å². The zero-order chi connectivity index (χ0) is 11.1. The van der Waals surface area contributed by atoms with Crippen LogP contribution in [0.1, 0.15) is 38.5 Å². The van der Waals surface area contributed by atoms with Gasteiger partial charge >= 0.3 is 0 Å². The van der Waals surface area contributed by atoms with Gasteiger partial charge < -0.3 is 10.1 Å². The summed E-state index contributed by atoms with van der Waals surface area (Å²) in [4.78, 5) is 22.4. The van der Waals surface area contributed by atoms with Gasteiger partial charge in [0, 0.05) is 39.0 Å². The molecular weight excluding hydrogens is 194 g/mol. The van der Waals surface area contributed by atoms with Gasteiger partial charge in [-0.2, -0.15) is 0 Å². The lowest BCUT2D eigenvalue weighted by Gasteiger charge is -2.22. The normalized spacial score (nSPS) is 17.8. The minimum absolute atomic E-state index is 0.0754. The standard InChI is InChI=1S/C11H19NO3/c1-15-8-2-3-11(14)12-9-4-6-10(13)7-5-9/h9H,2-8H2,1H3,(H,12,14). The SMILES string of the molecule is COCCCC(=O)NC1CCC(=O)CC1. The number of ketones is 1. The molecule has 86 valence electrons. The van der Waals surface area contributed by atoms with Gasteiger partial charge in [0.15, 0.2) is 0 Å². The summed E-state index contributed by atoms with van der Waals surface area (Å²) < 4.78 is 4.87. The van der Waals surface area contributed by atoms with E-state index in [2.05, 4.69) is 5.32 Å². The third-order valence-electron chi connectivity index (χ3n) is 2.66. The summed E-state index contributed by atoms with van der Waals surface area (Å²) in [6.45, 7) is 0.622. The highest BCUT2D eigenvalue weighted by molar-refractivity contribution is 5.80. The highest BCUT2D eigenvalue weighted by Crippen LogP contribution is 2.14. The number of carbonyl (C=O) groups excluding carboxylic acids is 2. The van der Waals surface area contributed by atoms with E-state index in [1.807, 2.05) is 0 Å². The molecule has 0 saturated heterocycles. The summed E-state index contributed by atoms with van der Waals surface area (Å²) in [6.07, 6.45) is 4.10. The van der Waals surface area contributed by atoms with Crippen molar-refractivity contribution in [3.8, 4) is 0 Å². The molecule has 0 aromatic rings. The molecule has 1 amide bonds. The van der Waals surface area contributed by atoms with E-state index in [1.165, 1.54) is 0 Å². The summed E-state index contributed by atoms with van der Waals surface area (Å²) >= 11 is 0. The Hall–Kier alpha value is -0.900. The predicted octanol–water partition coefficient (Wildman–Crippen LogP) is 1.04. The molecule has 0 spiro atoms. The van der Waals surface area contributed by atoms with Crippen molar-refractivity contribution in [1.82, 2.24) is 5.32 Å². The minimum Gasteiger partial charge on any atom is -0.385 e. The Bertz CT molecular complexity index is 218. The highest BCUT2D eigenvalue weighted by Gasteiger charge is 2.19. The molecular formula is C11H19NO3. The summed E-state index contributed by atoms with van der Waals surface area (Å²) in [7, 11) is 1.63. The van der Waals surface area contributed by atoms with E-state index in [4.69, 9.17) is 4.74 Å². The van der Waals surface area contributed by atoms with Gasteiger partial charge in [-0.3, -0.25) is 9.59 Å². The second kappa shape index (κ2) is 6.56. The molecule has 1 N–H and O–H groups in total. The number of hydrogen-bond donors (Lipinski definition) is 1. The molecule has 0 bridgehead atoms. The fourth-order valence-corrected chi connectivity index (χ4v) is 1.76. The Labute approximate surface area is 90.4 Å². The van der Waals surface area contributed by atoms with E-state index in [0.717, 1.165) is 19.3 Å². The predicted molar refractivity (Wildman–Crippen MR) is 56.5 cm³/mol. The molecule has 1 aliphatic carbocycles. The third-order valence-corrected chi connectivity index (χ3v) is 2.66. The van der Waals surface area contributed by atoms with Crippen LogP contribution in [0.2, 0.25) is 0 Å². The largest absolute Gasteiger partial charge is 0.385 e. The zero-order valence-electron chi connectivity index (χ0n) is 9.25. The molecule has 0 radical (unpaired) electrons. The van der Waals surface area contributed by atoms with Crippen LogP contribution in [0.5, 0.6) is 0 Å². The van der Waals surface area contributed by atoms with Crippen molar-refractivity contribution in [3.05, 3.63) is 0 Å². The average molecular weight is 213 g/mol.